The summed E-state index contributed by atoms with van der Waals surface area (Å²) < 4.78 is 5.59. The number of nitrogens with zero attached hydrogens (tertiary/aromatic N) is 2. The van der Waals surface area contributed by atoms with Crippen molar-refractivity contribution < 1.29 is 4.74 Å². The van der Waals surface area contributed by atoms with E-state index in [0.717, 1.165) is 36.6 Å². The highest BCUT2D eigenvalue weighted by Gasteiger charge is 2.09. The van der Waals surface area contributed by atoms with E-state index in [1.807, 2.05) is 25.1 Å². The lowest BCUT2D eigenvalue weighted by Gasteiger charge is -2.21. The maximum absolute atomic E-state index is 8.64. The minimum Gasteiger partial charge on any atom is -0.494 e. The van der Waals surface area contributed by atoms with Crippen molar-refractivity contribution in [3.63, 3.8) is 0 Å². The van der Waals surface area contributed by atoms with E-state index in [-0.39, 0.29) is 0 Å². The van der Waals surface area contributed by atoms with E-state index in [0.29, 0.717) is 13.0 Å². The molecule has 1 aromatic rings. The van der Waals surface area contributed by atoms with Gasteiger partial charge in [-0.1, -0.05) is 6.92 Å². The monoisotopic (exact) mass is 247 g/mol. The normalized spacial score (nSPS) is 10.3. The molecular weight excluding hydrogens is 226 g/mol. The van der Waals surface area contributed by atoms with Gasteiger partial charge in [0.1, 0.15) is 5.75 Å². The smallest absolute Gasteiger partial charge is 0.123 e. The van der Waals surface area contributed by atoms with Gasteiger partial charge in [0.05, 0.1) is 12.7 Å². The van der Waals surface area contributed by atoms with Gasteiger partial charge in [0, 0.05) is 30.8 Å². The first-order valence-corrected chi connectivity index (χ1v) is 6.31. The third kappa shape index (κ3) is 4.27. The molecule has 0 atom stereocenters. The molecule has 0 spiro atoms. The number of nitrogen functional groups attached to an aromatic ring is 1. The van der Waals surface area contributed by atoms with Crippen molar-refractivity contribution in [2.75, 3.05) is 25.4 Å². The molecule has 0 unspecified atom stereocenters. The van der Waals surface area contributed by atoms with Gasteiger partial charge in [0.25, 0.3) is 0 Å². The van der Waals surface area contributed by atoms with Gasteiger partial charge in [-0.05, 0) is 31.7 Å². The molecule has 0 aromatic heterocycles. The second-order valence-electron chi connectivity index (χ2n) is 4.08. The van der Waals surface area contributed by atoms with E-state index in [9.17, 15) is 0 Å². The fraction of sp³-hybridized carbons (Fsp3) is 0.500. The number of hydrogen-bond donors (Lipinski definition) is 1. The van der Waals surface area contributed by atoms with Crippen LogP contribution < -0.4 is 10.5 Å². The van der Waals surface area contributed by atoms with Crippen molar-refractivity contribution in [2.24, 2.45) is 0 Å². The van der Waals surface area contributed by atoms with E-state index >= 15 is 0 Å². The minimum absolute atomic E-state index is 0.542. The molecule has 4 heteroatoms. The van der Waals surface area contributed by atoms with Gasteiger partial charge in [-0.3, -0.25) is 4.90 Å². The van der Waals surface area contributed by atoms with Crippen molar-refractivity contribution in [3.8, 4) is 11.8 Å². The molecular formula is C14H21N3O. The lowest BCUT2D eigenvalue weighted by molar-refractivity contribution is 0.275. The number of hydrogen-bond acceptors (Lipinski definition) is 4. The Morgan fingerprint density at radius 2 is 2.17 bits per heavy atom. The van der Waals surface area contributed by atoms with Crippen molar-refractivity contribution in [3.05, 3.63) is 23.8 Å². The van der Waals surface area contributed by atoms with Gasteiger partial charge in [-0.25, -0.2) is 0 Å². The largest absolute Gasteiger partial charge is 0.494 e. The number of nitriles is 1. The van der Waals surface area contributed by atoms with Crippen LogP contribution in [-0.4, -0.2) is 24.6 Å². The molecule has 0 bridgehead atoms. The second-order valence-corrected chi connectivity index (χ2v) is 4.08. The zero-order valence-electron chi connectivity index (χ0n) is 11.1. The van der Waals surface area contributed by atoms with Crippen LogP contribution in [0.2, 0.25) is 0 Å². The summed E-state index contributed by atoms with van der Waals surface area (Å²) in [7, 11) is 0. The third-order valence-electron chi connectivity index (χ3n) is 2.77. The van der Waals surface area contributed by atoms with Gasteiger partial charge in [-0.2, -0.15) is 5.26 Å². The van der Waals surface area contributed by atoms with Crippen molar-refractivity contribution in [1.29, 1.82) is 5.26 Å². The predicted molar refractivity (Wildman–Crippen MR) is 73.2 cm³/mol. The van der Waals surface area contributed by atoms with Crippen LogP contribution in [0.5, 0.6) is 5.75 Å². The molecule has 0 radical (unpaired) electrons. The van der Waals surface area contributed by atoms with Crippen molar-refractivity contribution in [1.82, 2.24) is 4.90 Å². The molecule has 1 aromatic carbocycles. The van der Waals surface area contributed by atoms with Gasteiger partial charge < -0.3 is 10.5 Å². The van der Waals surface area contributed by atoms with E-state index in [1.54, 1.807) is 0 Å². The van der Waals surface area contributed by atoms with Crippen LogP contribution in [0.3, 0.4) is 0 Å². The fourth-order valence-corrected chi connectivity index (χ4v) is 1.82. The first-order chi connectivity index (χ1) is 8.71. The van der Waals surface area contributed by atoms with Crippen molar-refractivity contribution in [2.45, 2.75) is 26.8 Å². The molecule has 18 heavy (non-hydrogen) atoms. The Labute approximate surface area is 109 Å². The van der Waals surface area contributed by atoms with Crippen LogP contribution >= 0.6 is 0 Å². The predicted octanol–water partition coefficient (Wildman–Crippen LogP) is 2.40. The average molecular weight is 247 g/mol. The maximum Gasteiger partial charge on any atom is 0.123 e. The molecule has 98 valence electrons. The van der Waals surface area contributed by atoms with Crippen LogP contribution in [0.1, 0.15) is 25.8 Å². The van der Waals surface area contributed by atoms with Crippen LogP contribution in [0.4, 0.5) is 5.69 Å². The highest BCUT2D eigenvalue weighted by Crippen LogP contribution is 2.23. The van der Waals surface area contributed by atoms with Gasteiger partial charge >= 0.3 is 0 Å². The van der Waals surface area contributed by atoms with E-state index in [1.165, 1.54) is 0 Å². The minimum atomic E-state index is 0.542. The lowest BCUT2D eigenvalue weighted by atomic mass is 10.1. The second kappa shape index (κ2) is 7.57. The number of rotatable bonds is 7. The summed E-state index contributed by atoms with van der Waals surface area (Å²) in [5.41, 5.74) is 7.64. The molecule has 0 heterocycles. The molecule has 4 nitrogen and oxygen atoms in total. The Hall–Kier alpha value is -1.73. The Bertz CT molecular complexity index is 412. The average Bonchev–Trinajstić information content (AvgIpc) is 2.37. The Morgan fingerprint density at radius 3 is 2.78 bits per heavy atom. The van der Waals surface area contributed by atoms with Gasteiger partial charge in [-0.15, -0.1) is 0 Å². The molecule has 0 saturated carbocycles. The topological polar surface area (TPSA) is 62.3 Å². The van der Waals surface area contributed by atoms with E-state index in [2.05, 4.69) is 17.9 Å². The number of benzene rings is 1. The Kier molecular flexibility index (Phi) is 6.03. The molecule has 0 saturated heterocycles. The summed E-state index contributed by atoms with van der Waals surface area (Å²) in [6.07, 6.45) is 0.542. The molecule has 0 amide bonds. The Morgan fingerprint density at radius 1 is 1.39 bits per heavy atom. The van der Waals surface area contributed by atoms with Crippen LogP contribution in [0.15, 0.2) is 18.2 Å². The van der Waals surface area contributed by atoms with Gasteiger partial charge in [0.15, 0.2) is 0 Å². The number of anilines is 1. The molecule has 0 aliphatic rings. The highest BCUT2D eigenvalue weighted by molar-refractivity contribution is 5.47. The van der Waals surface area contributed by atoms with Crippen molar-refractivity contribution >= 4 is 5.69 Å². The van der Waals surface area contributed by atoms with E-state index in [4.69, 9.17) is 15.7 Å². The molecule has 1 rings (SSSR count). The fourth-order valence-electron chi connectivity index (χ4n) is 1.82. The van der Waals surface area contributed by atoms with Crippen LogP contribution in [0.25, 0.3) is 0 Å². The standard InChI is InChI=1S/C14H21N3O/c1-3-17(9-5-8-15)11-12-10-13(16)6-7-14(12)18-4-2/h6-7,10H,3-5,9,11,16H2,1-2H3. The summed E-state index contributed by atoms with van der Waals surface area (Å²) in [5.74, 6) is 0.877. The molecule has 0 aliphatic carbocycles. The molecule has 2 N–H and O–H groups in total. The molecule has 0 aliphatic heterocycles. The third-order valence-corrected chi connectivity index (χ3v) is 2.77. The zero-order chi connectivity index (χ0) is 13.4. The number of ether oxygens (including phenoxy) is 1. The zero-order valence-corrected chi connectivity index (χ0v) is 11.1. The summed E-state index contributed by atoms with van der Waals surface area (Å²) in [6, 6.07) is 7.87. The Balaban J connectivity index is 2.79. The first kappa shape index (κ1) is 14.3. The summed E-state index contributed by atoms with van der Waals surface area (Å²) >= 11 is 0. The SMILES string of the molecule is CCOc1ccc(N)cc1CN(CC)CCC#N. The highest BCUT2D eigenvalue weighted by atomic mass is 16.5. The molecule has 0 fully saturated rings. The summed E-state index contributed by atoms with van der Waals surface area (Å²) in [4.78, 5) is 2.21. The van der Waals surface area contributed by atoms with Crippen LogP contribution in [0, 0.1) is 11.3 Å². The van der Waals surface area contributed by atoms with Gasteiger partial charge in [0.2, 0.25) is 0 Å². The van der Waals surface area contributed by atoms with E-state index < -0.39 is 0 Å². The first-order valence-electron chi connectivity index (χ1n) is 6.31. The number of nitrogens with two attached hydrogens (primary N) is 1. The lowest BCUT2D eigenvalue weighted by Crippen LogP contribution is -2.24. The quantitative estimate of drug-likeness (QED) is 0.751. The summed E-state index contributed by atoms with van der Waals surface area (Å²) in [6.45, 7) is 7.13. The maximum atomic E-state index is 8.64. The van der Waals surface area contributed by atoms with Crippen LogP contribution in [-0.2, 0) is 6.54 Å². The summed E-state index contributed by atoms with van der Waals surface area (Å²) in [5, 5.41) is 8.64.